The Hall–Kier alpha value is -0.420. The van der Waals surface area contributed by atoms with E-state index < -0.39 is 6.04 Å². The molecule has 4 nitrogen and oxygen atoms in total. The molecular weight excluding hydrogens is 238 g/mol. The molecule has 0 radical (unpaired) electrons. The van der Waals surface area contributed by atoms with Crippen LogP contribution < -0.4 is 5.32 Å². The fourth-order valence-corrected chi connectivity index (χ4v) is 1.28. The zero-order valence-electron chi connectivity index (χ0n) is 7.80. The lowest BCUT2D eigenvalue weighted by molar-refractivity contribution is -0.125. The average Bonchev–Trinajstić information content (AvgIpc) is 2.10. The Labute approximate surface area is 86.1 Å². The van der Waals surface area contributed by atoms with Crippen molar-refractivity contribution in [3.8, 4) is 0 Å². The molecule has 1 unspecified atom stereocenters. The minimum Gasteiger partial charge on any atom is -0.385 e. The summed E-state index contributed by atoms with van der Waals surface area (Å²) in [6, 6.07) is -0.433. The molecule has 0 fully saturated rings. The zero-order chi connectivity index (χ0) is 10.3. The van der Waals surface area contributed by atoms with Crippen LogP contribution in [-0.2, 0) is 14.3 Å². The number of nitrogens with one attached hydrogen (secondary N) is 1. The number of hydrogen-bond donors (Lipinski definition) is 1. The van der Waals surface area contributed by atoms with E-state index in [1.807, 2.05) is 0 Å². The van der Waals surface area contributed by atoms with Gasteiger partial charge in [0.25, 0.3) is 0 Å². The van der Waals surface area contributed by atoms with Crippen LogP contribution in [0.2, 0.25) is 0 Å². The molecule has 0 aromatic heterocycles. The molecule has 5 heteroatoms. The van der Waals surface area contributed by atoms with Crippen molar-refractivity contribution < 1.29 is 14.3 Å². The largest absolute Gasteiger partial charge is 0.385 e. The van der Waals surface area contributed by atoms with Gasteiger partial charge in [0.2, 0.25) is 5.91 Å². The second kappa shape index (κ2) is 7.03. The highest BCUT2D eigenvalue weighted by atomic mass is 79.9. The first-order valence-electron chi connectivity index (χ1n) is 3.96. The standard InChI is InChI=1S/C8H14BrNO3/c1-6(11)10-7(3-4-13-2)8(12)5-9/h7H,3-5H2,1-2H3,(H,10,11). The number of ether oxygens (including phenoxy) is 1. The van der Waals surface area contributed by atoms with Crippen LogP contribution in [0.1, 0.15) is 13.3 Å². The van der Waals surface area contributed by atoms with E-state index in [2.05, 4.69) is 21.2 Å². The number of hydrogen-bond acceptors (Lipinski definition) is 3. The van der Waals surface area contributed by atoms with E-state index in [1.54, 1.807) is 7.11 Å². The molecule has 0 heterocycles. The van der Waals surface area contributed by atoms with Gasteiger partial charge in [0.1, 0.15) is 0 Å². The lowest BCUT2D eigenvalue weighted by atomic mass is 10.1. The van der Waals surface area contributed by atoms with Crippen LogP contribution in [0.25, 0.3) is 0 Å². The molecule has 0 aromatic rings. The SMILES string of the molecule is COCCC(NC(C)=O)C(=O)CBr. The van der Waals surface area contributed by atoms with Crippen molar-refractivity contribution in [2.24, 2.45) is 0 Å². The Balaban J connectivity index is 4.02. The monoisotopic (exact) mass is 251 g/mol. The Morgan fingerprint density at radius 1 is 1.54 bits per heavy atom. The van der Waals surface area contributed by atoms with E-state index in [9.17, 15) is 9.59 Å². The highest BCUT2D eigenvalue weighted by molar-refractivity contribution is 9.09. The fraction of sp³-hybridized carbons (Fsp3) is 0.750. The predicted octanol–water partition coefficient (Wildman–Crippen LogP) is 0.492. The summed E-state index contributed by atoms with van der Waals surface area (Å²) >= 11 is 3.06. The number of Topliss-reactive ketones (excluding diaryl/α,β-unsaturated/α-hetero) is 1. The van der Waals surface area contributed by atoms with Crippen molar-refractivity contribution in [1.29, 1.82) is 0 Å². The van der Waals surface area contributed by atoms with Gasteiger partial charge < -0.3 is 10.1 Å². The molecule has 0 aliphatic carbocycles. The molecule has 0 bridgehead atoms. The van der Waals surface area contributed by atoms with Crippen LogP contribution in [-0.4, -0.2) is 36.8 Å². The van der Waals surface area contributed by atoms with Crippen LogP contribution >= 0.6 is 15.9 Å². The van der Waals surface area contributed by atoms with E-state index in [0.717, 1.165) is 0 Å². The molecular formula is C8H14BrNO3. The highest BCUT2D eigenvalue weighted by Crippen LogP contribution is 1.97. The molecule has 0 aromatic carbocycles. The van der Waals surface area contributed by atoms with Gasteiger partial charge in [-0.3, -0.25) is 9.59 Å². The molecule has 76 valence electrons. The van der Waals surface area contributed by atoms with Gasteiger partial charge in [-0.25, -0.2) is 0 Å². The van der Waals surface area contributed by atoms with Crippen LogP contribution in [0.4, 0.5) is 0 Å². The van der Waals surface area contributed by atoms with Gasteiger partial charge in [0.15, 0.2) is 5.78 Å². The maximum atomic E-state index is 11.2. The van der Waals surface area contributed by atoms with E-state index in [0.29, 0.717) is 13.0 Å². The van der Waals surface area contributed by atoms with Gasteiger partial charge >= 0.3 is 0 Å². The second-order valence-electron chi connectivity index (χ2n) is 2.63. The van der Waals surface area contributed by atoms with Crippen molar-refractivity contribution in [3.05, 3.63) is 0 Å². The molecule has 0 aliphatic heterocycles. The number of carbonyl (C=O) groups excluding carboxylic acids is 2. The Morgan fingerprint density at radius 3 is 2.54 bits per heavy atom. The first-order valence-corrected chi connectivity index (χ1v) is 5.08. The van der Waals surface area contributed by atoms with Gasteiger partial charge in [0, 0.05) is 20.6 Å². The third kappa shape index (κ3) is 5.76. The first kappa shape index (κ1) is 12.6. The zero-order valence-corrected chi connectivity index (χ0v) is 9.39. The number of amides is 1. The number of rotatable bonds is 6. The predicted molar refractivity (Wildman–Crippen MR) is 52.9 cm³/mol. The number of alkyl halides is 1. The summed E-state index contributed by atoms with van der Waals surface area (Å²) in [4.78, 5) is 22.0. The van der Waals surface area contributed by atoms with Crippen LogP contribution in [0.5, 0.6) is 0 Å². The molecule has 0 spiro atoms. The Bertz CT molecular complexity index is 184. The van der Waals surface area contributed by atoms with Crippen molar-refractivity contribution in [2.45, 2.75) is 19.4 Å². The molecule has 0 saturated carbocycles. The number of halogens is 1. The summed E-state index contributed by atoms with van der Waals surface area (Å²) in [5.74, 6) is -0.234. The number of methoxy groups -OCH3 is 1. The molecule has 1 atom stereocenters. The van der Waals surface area contributed by atoms with Crippen LogP contribution in [0.15, 0.2) is 0 Å². The summed E-state index contributed by atoms with van der Waals surface area (Å²) in [5.41, 5.74) is 0. The average molecular weight is 252 g/mol. The third-order valence-electron chi connectivity index (χ3n) is 1.51. The van der Waals surface area contributed by atoms with Crippen molar-refractivity contribution >= 4 is 27.6 Å². The van der Waals surface area contributed by atoms with Gasteiger partial charge in [-0.2, -0.15) is 0 Å². The van der Waals surface area contributed by atoms with Crippen molar-refractivity contribution in [3.63, 3.8) is 0 Å². The van der Waals surface area contributed by atoms with Gasteiger partial charge in [0.05, 0.1) is 11.4 Å². The van der Waals surface area contributed by atoms with Crippen molar-refractivity contribution in [1.82, 2.24) is 5.32 Å². The number of ketones is 1. The molecule has 1 N–H and O–H groups in total. The number of carbonyl (C=O) groups is 2. The normalized spacial score (nSPS) is 12.2. The highest BCUT2D eigenvalue weighted by Gasteiger charge is 2.17. The Morgan fingerprint density at radius 2 is 2.15 bits per heavy atom. The smallest absolute Gasteiger partial charge is 0.217 e. The minimum atomic E-state index is -0.433. The topological polar surface area (TPSA) is 55.4 Å². The molecule has 0 aliphatic rings. The molecule has 13 heavy (non-hydrogen) atoms. The maximum Gasteiger partial charge on any atom is 0.217 e. The summed E-state index contributed by atoms with van der Waals surface area (Å²) in [7, 11) is 1.56. The van der Waals surface area contributed by atoms with Gasteiger partial charge in [-0.1, -0.05) is 15.9 Å². The van der Waals surface area contributed by atoms with E-state index in [-0.39, 0.29) is 17.0 Å². The molecule has 0 rings (SSSR count). The van der Waals surface area contributed by atoms with Gasteiger partial charge in [-0.15, -0.1) is 0 Å². The summed E-state index contributed by atoms with van der Waals surface area (Å²) in [6.07, 6.45) is 0.514. The summed E-state index contributed by atoms with van der Waals surface area (Å²) in [6.45, 7) is 1.85. The second-order valence-corrected chi connectivity index (χ2v) is 3.20. The quantitative estimate of drug-likeness (QED) is 0.700. The molecule has 1 amide bonds. The third-order valence-corrected chi connectivity index (χ3v) is 2.06. The Kier molecular flexibility index (Phi) is 6.80. The van der Waals surface area contributed by atoms with Crippen LogP contribution in [0.3, 0.4) is 0 Å². The van der Waals surface area contributed by atoms with E-state index >= 15 is 0 Å². The maximum absolute atomic E-state index is 11.2. The first-order chi connectivity index (χ1) is 6.11. The summed E-state index contributed by atoms with van der Waals surface area (Å²) in [5, 5.41) is 2.82. The van der Waals surface area contributed by atoms with E-state index in [1.165, 1.54) is 6.92 Å². The van der Waals surface area contributed by atoms with Crippen molar-refractivity contribution in [2.75, 3.05) is 19.0 Å². The minimum absolute atomic E-state index is 0.0350. The van der Waals surface area contributed by atoms with Gasteiger partial charge in [-0.05, 0) is 6.42 Å². The summed E-state index contributed by atoms with van der Waals surface area (Å²) < 4.78 is 4.83. The lowest BCUT2D eigenvalue weighted by Gasteiger charge is -2.14. The molecule has 0 saturated heterocycles. The fourth-order valence-electron chi connectivity index (χ4n) is 0.888. The lowest BCUT2D eigenvalue weighted by Crippen LogP contribution is -2.41. The van der Waals surface area contributed by atoms with E-state index in [4.69, 9.17) is 4.74 Å². The van der Waals surface area contributed by atoms with Crippen LogP contribution in [0, 0.1) is 0 Å².